The zero-order valence-corrected chi connectivity index (χ0v) is 8.12. The highest BCUT2D eigenvalue weighted by atomic mass is 19.4. The van der Waals surface area contributed by atoms with E-state index in [0.717, 1.165) is 10.6 Å². The predicted octanol–water partition coefficient (Wildman–Crippen LogP) is 3.18. The third-order valence-electron chi connectivity index (χ3n) is 2.33. The molecule has 1 heterocycles. The summed E-state index contributed by atoms with van der Waals surface area (Å²) in [4.78, 5) is 0. The molecule has 0 aliphatic heterocycles. The van der Waals surface area contributed by atoms with Crippen LogP contribution in [0.4, 0.5) is 13.2 Å². The molecule has 0 amide bonds. The molecule has 0 saturated heterocycles. The van der Waals surface area contributed by atoms with Crippen molar-refractivity contribution in [2.45, 2.75) is 12.7 Å². The first-order valence-electron chi connectivity index (χ1n) is 4.56. The molecule has 2 nitrogen and oxygen atoms in total. The number of alkyl halides is 3. The van der Waals surface area contributed by atoms with Crippen molar-refractivity contribution in [3.63, 3.8) is 0 Å². The smallest absolute Gasteiger partial charge is 0.323 e. The summed E-state index contributed by atoms with van der Waals surface area (Å²) >= 11 is 0. The normalized spacial score (nSPS) is 11.6. The van der Waals surface area contributed by atoms with Gasteiger partial charge < -0.3 is 4.57 Å². The van der Waals surface area contributed by atoms with E-state index in [-0.39, 0.29) is 6.54 Å². The van der Waals surface area contributed by atoms with E-state index in [1.807, 2.05) is 0 Å². The fraction of sp³-hybridized carbons (Fsp3) is 0.182. The van der Waals surface area contributed by atoms with Crippen molar-refractivity contribution < 1.29 is 13.2 Å². The number of hydrogen-bond donors (Lipinski definition) is 0. The molecule has 2 rings (SSSR count). The number of aromatic nitrogens is 1. The number of fused-ring (bicyclic) bond motifs is 1. The minimum atomic E-state index is -4.43. The van der Waals surface area contributed by atoms with E-state index in [1.54, 1.807) is 30.3 Å². The van der Waals surface area contributed by atoms with Gasteiger partial charge in [-0.3, -0.25) is 0 Å². The van der Waals surface area contributed by atoms with Crippen LogP contribution in [0.5, 0.6) is 0 Å². The fourth-order valence-electron chi connectivity index (χ4n) is 1.69. The molecule has 16 heavy (non-hydrogen) atoms. The number of nitriles is 1. The van der Waals surface area contributed by atoms with Gasteiger partial charge in [-0.1, -0.05) is 18.2 Å². The maximum Gasteiger partial charge on any atom is 0.431 e. The van der Waals surface area contributed by atoms with Crippen molar-refractivity contribution in [3.8, 4) is 6.07 Å². The Morgan fingerprint density at radius 3 is 2.56 bits per heavy atom. The fourth-order valence-corrected chi connectivity index (χ4v) is 1.69. The van der Waals surface area contributed by atoms with E-state index in [1.165, 1.54) is 0 Å². The summed E-state index contributed by atoms with van der Waals surface area (Å²) < 4.78 is 39.0. The Labute approximate surface area is 89.5 Å². The molecule has 2 aromatic rings. The van der Waals surface area contributed by atoms with E-state index >= 15 is 0 Å². The van der Waals surface area contributed by atoms with Crippen LogP contribution in [0.3, 0.4) is 0 Å². The van der Waals surface area contributed by atoms with Gasteiger partial charge in [-0.05, 0) is 12.1 Å². The van der Waals surface area contributed by atoms with Crippen molar-refractivity contribution in [1.82, 2.24) is 4.57 Å². The number of benzene rings is 1. The van der Waals surface area contributed by atoms with Gasteiger partial charge in [0.2, 0.25) is 0 Å². The van der Waals surface area contributed by atoms with Crippen LogP contribution >= 0.6 is 0 Å². The minimum Gasteiger partial charge on any atom is -0.323 e. The molecule has 0 spiro atoms. The standard InChI is InChI=1S/C11H7F3N2/c12-11(13,14)10-7-8-3-1-2-4-9(8)16(10)6-5-15/h1-4,7H,6H2. The van der Waals surface area contributed by atoms with Crippen molar-refractivity contribution in [2.75, 3.05) is 0 Å². The number of halogens is 3. The Balaban J connectivity index is 2.74. The van der Waals surface area contributed by atoms with Crippen LogP contribution in [0.2, 0.25) is 0 Å². The van der Waals surface area contributed by atoms with E-state index < -0.39 is 11.9 Å². The number of rotatable bonds is 1. The summed E-state index contributed by atoms with van der Waals surface area (Å²) in [5.41, 5.74) is -0.355. The number of nitrogens with zero attached hydrogens (tertiary/aromatic N) is 2. The van der Waals surface area contributed by atoms with Gasteiger partial charge in [-0.2, -0.15) is 18.4 Å². The highest BCUT2D eigenvalue weighted by Crippen LogP contribution is 2.33. The molecule has 0 radical (unpaired) electrons. The molecule has 82 valence electrons. The second kappa shape index (κ2) is 3.56. The number of para-hydroxylation sites is 1. The molecule has 0 aliphatic carbocycles. The van der Waals surface area contributed by atoms with Gasteiger partial charge in [-0.25, -0.2) is 0 Å². The summed E-state index contributed by atoms with van der Waals surface area (Å²) in [6.45, 7) is -0.303. The maximum absolute atomic E-state index is 12.7. The summed E-state index contributed by atoms with van der Waals surface area (Å²) in [5, 5.41) is 9.04. The van der Waals surface area contributed by atoms with E-state index in [0.29, 0.717) is 10.9 Å². The van der Waals surface area contributed by atoms with Gasteiger partial charge in [0.1, 0.15) is 12.2 Å². The molecule has 5 heteroatoms. The van der Waals surface area contributed by atoms with Crippen molar-refractivity contribution in [3.05, 3.63) is 36.0 Å². The van der Waals surface area contributed by atoms with Crippen LogP contribution in [-0.2, 0) is 12.7 Å². The number of hydrogen-bond acceptors (Lipinski definition) is 1. The highest BCUT2D eigenvalue weighted by molar-refractivity contribution is 5.81. The van der Waals surface area contributed by atoms with Crippen molar-refractivity contribution in [1.29, 1.82) is 5.26 Å². The molecular formula is C11H7F3N2. The quantitative estimate of drug-likeness (QED) is 0.731. The zero-order chi connectivity index (χ0) is 11.8. The van der Waals surface area contributed by atoms with Crippen LogP contribution in [-0.4, -0.2) is 4.57 Å². The molecule has 0 atom stereocenters. The van der Waals surface area contributed by atoms with Crippen LogP contribution in [0.15, 0.2) is 30.3 Å². The van der Waals surface area contributed by atoms with Gasteiger partial charge in [-0.15, -0.1) is 0 Å². The molecule has 0 unspecified atom stereocenters. The summed E-state index contributed by atoms with van der Waals surface area (Å²) in [6.07, 6.45) is -4.43. The third-order valence-corrected chi connectivity index (χ3v) is 2.33. The van der Waals surface area contributed by atoms with Crippen molar-refractivity contribution >= 4 is 10.9 Å². The SMILES string of the molecule is N#CCn1c(C(F)(F)F)cc2ccccc21. The van der Waals surface area contributed by atoms with Gasteiger partial charge in [0.05, 0.1) is 6.07 Å². The molecule has 0 bridgehead atoms. The van der Waals surface area contributed by atoms with Crippen LogP contribution in [0.1, 0.15) is 5.69 Å². The minimum absolute atomic E-state index is 0.303. The van der Waals surface area contributed by atoms with E-state index in [4.69, 9.17) is 5.26 Å². The maximum atomic E-state index is 12.7. The van der Waals surface area contributed by atoms with Crippen LogP contribution in [0.25, 0.3) is 10.9 Å². The molecule has 1 aromatic heterocycles. The van der Waals surface area contributed by atoms with E-state index in [9.17, 15) is 13.2 Å². The Hall–Kier alpha value is -1.96. The first kappa shape index (κ1) is 10.6. The van der Waals surface area contributed by atoms with Crippen LogP contribution < -0.4 is 0 Å². The lowest BCUT2D eigenvalue weighted by molar-refractivity contribution is -0.143. The Kier molecular flexibility index (Phi) is 2.35. The second-order valence-electron chi connectivity index (χ2n) is 3.33. The van der Waals surface area contributed by atoms with Gasteiger partial charge in [0.25, 0.3) is 0 Å². The molecule has 0 aliphatic rings. The second-order valence-corrected chi connectivity index (χ2v) is 3.33. The van der Waals surface area contributed by atoms with Crippen LogP contribution in [0, 0.1) is 11.3 Å². The lowest BCUT2D eigenvalue weighted by Crippen LogP contribution is -2.12. The largest absolute Gasteiger partial charge is 0.431 e. The summed E-state index contributed by atoms with van der Waals surface area (Å²) in [6, 6.07) is 9.28. The van der Waals surface area contributed by atoms with Gasteiger partial charge in [0, 0.05) is 10.9 Å². The lowest BCUT2D eigenvalue weighted by atomic mass is 10.2. The van der Waals surface area contributed by atoms with Gasteiger partial charge in [0.15, 0.2) is 0 Å². The van der Waals surface area contributed by atoms with Crippen molar-refractivity contribution in [2.24, 2.45) is 0 Å². The Morgan fingerprint density at radius 1 is 1.25 bits per heavy atom. The molecule has 0 saturated carbocycles. The zero-order valence-electron chi connectivity index (χ0n) is 8.12. The Morgan fingerprint density at radius 2 is 1.94 bits per heavy atom. The first-order valence-corrected chi connectivity index (χ1v) is 4.56. The van der Waals surface area contributed by atoms with E-state index in [2.05, 4.69) is 0 Å². The lowest BCUT2D eigenvalue weighted by Gasteiger charge is -2.09. The molecular weight excluding hydrogens is 217 g/mol. The summed E-state index contributed by atoms with van der Waals surface area (Å²) in [5.74, 6) is 0. The third kappa shape index (κ3) is 1.63. The first-order chi connectivity index (χ1) is 7.54. The van der Waals surface area contributed by atoms with Gasteiger partial charge >= 0.3 is 6.18 Å². The highest BCUT2D eigenvalue weighted by Gasteiger charge is 2.35. The average Bonchev–Trinajstić information content (AvgIpc) is 2.58. The molecule has 0 fully saturated rings. The topological polar surface area (TPSA) is 28.7 Å². The summed E-state index contributed by atoms with van der Waals surface area (Å²) in [7, 11) is 0. The molecule has 0 N–H and O–H groups in total. The Bertz CT molecular complexity index is 561. The monoisotopic (exact) mass is 224 g/mol. The average molecular weight is 224 g/mol. The molecule has 1 aromatic carbocycles. The predicted molar refractivity (Wildman–Crippen MR) is 52.6 cm³/mol.